The maximum Gasteiger partial charge on any atom is 0.269 e. The lowest BCUT2D eigenvalue weighted by atomic mass is 10.2. The molecule has 2 aromatic carbocycles. The number of benzene rings is 2. The lowest BCUT2D eigenvalue weighted by Gasteiger charge is -2.23. The maximum atomic E-state index is 10.6. The number of aliphatic hydroxyl groups is 1. The molecule has 1 N–H and O–H groups in total. The van der Waals surface area contributed by atoms with Gasteiger partial charge in [0.2, 0.25) is 0 Å². The van der Waals surface area contributed by atoms with Gasteiger partial charge in [-0.05, 0) is 42.8 Å². The summed E-state index contributed by atoms with van der Waals surface area (Å²) in [6, 6.07) is 13.6. The van der Waals surface area contributed by atoms with Crippen LogP contribution in [0, 0.1) is 10.1 Å². The Kier molecular flexibility index (Phi) is 7.03. The summed E-state index contributed by atoms with van der Waals surface area (Å²) in [6.07, 6.45) is 2.17. The van der Waals surface area contributed by atoms with E-state index in [-0.39, 0.29) is 12.3 Å². The van der Waals surface area contributed by atoms with Crippen LogP contribution in [0.25, 0.3) is 0 Å². The number of hydrogen-bond acceptors (Lipinski definition) is 6. The van der Waals surface area contributed by atoms with Crippen LogP contribution in [0.2, 0.25) is 0 Å². The largest absolute Gasteiger partial charge is 0.395 e. The van der Waals surface area contributed by atoms with E-state index in [1.54, 1.807) is 12.1 Å². The SMILES string of the molecule is CCCCN(CCO)c1ccc(N=Nc2ccc([N+](=O)[O-])cc2)cc1. The molecule has 0 saturated carbocycles. The van der Waals surface area contributed by atoms with Crippen molar-refractivity contribution < 1.29 is 10.0 Å². The lowest BCUT2D eigenvalue weighted by molar-refractivity contribution is -0.384. The van der Waals surface area contributed by atoms with Crippen molar-refractivity contribution in [2.24, 2.45) is 10.2 Å². The van der Waals surface area contributed by atoms with Crippen LogP contribution < -0.4 is 4.90 Å². The van der Waals surface area contributed by atoms with Gasteiger partial charge in [-0.1, -0.05) is 13.3 Å². The van der Waals surface area contributed by atoms with E-state index in [2.05, 4.69) is 22.1 Å². The molecule has 0 aromatic heterocycles. The van der Waals surface area contributed by atoms with Crippen molar-refractivity contribution in [3.05, 3.63) is 58.6 Å². The first-order valence-electron chi connectivity index (χ1n) is 8.26. The van der Waals surface area contributed by atoms with Crippen molar-refractivity contribution in [1.29, 1.82) is 0 Å². The molecule has 0 saturated heterocycles. The van der Waals surface area contributed by atoms with Gasteiger partial charge in [-0.2, -0.15) is 10.2 Å². The van der Waals surface area contributed by atoms with E-state index in [4.69, 9.17) is 0 Å². The van der Waals surface area contributed by atoms with E-state index in [1.165, 1.54) is 12.1 Å². The van der Waals surface area contributed by atoms with Crippen molar-refractivity contribution in [2.75, 3.05) is 24.6 Å². The Labute approximate surface area is 146 Å². The van der Waals surface area contributed by atoms with Gasteiger partial charge in [-0.25, -0.2) is 0 Å². The summed E-state index contributed by atoms with van der Waals surface area (Å²) in [4.78, 5) is 12.3. The molecule has 132 valence electrons. The summed E-state index contributed by atoms with van der Waals surface area (Å²) in [7, 11) is 0. The number of non-ortho nitro benzene ring substituents is 1. The number of anilines is 1. The van der Waals surface area contributed by atoms with Gasteiger partial charge in [-0.15, -0.1) is 0 Å². The van der Waals surface area contributed by atoms with E-state index in [0.717, 1.165) is 25.1 Å². The number of nitro groups is 1. The van der Waals surface area contributed by atoms with Gasteiger partial charge in [0.25, 0.3) is 5.69 Å². The van der Waals surface area contributed by atoms with Crippen LogP contribution in [0.4, 0.5) is 22.7 Å². The summed E-state index contributed by atoms with van der Waals surface area (Å²) in [5.41, 5.74) is 2.32. The van der Waals surface area contributed by atoms with Crippen LogP contribution in [-0.4, -0.2) is 29.7 Å². The smallest absolute Gasteiger partial charge is 0.269 e. The molecule has 2 aromatic rings. The zero-order valence-corrected chi connectivity index (χ0v) is 14.2. The van der Waals surface area contributed by atoms with Crippen molar-refractivity contribution >= 4 is 22.7 Å². The Morgan fingerprint density at radius 3 is 2.04 bits per heavy atom. The summed E-state index contributed by atoms with van der Waals surface area (Å²) in [6.45, 7) is 3.76. The van der Waals surface area contributed by atoms with E-state index < -0.39 is 4.92 Å². The number of hydrogen-bond donors (Lipinski definition) is 1. The van der Waals surface area contributed by atoms with Crippen LogP contribution in [-0.2, 0) is 0 Å². The molecule has 0 aliphatic rings. The highest BCUT2D eigenvalue weighted by Crippen LogP contribution is 2.23. The summed E-state index contributed by atoms with van der Waals surface area (Å²) < 4.78 is 0. The minimum Gasteiger partial charge on any atom is -0.395 e. The Morgan fingerprint density at radius 2 is 1.56 bits per heavy atom. The average Bonchev–Trinajstić information content (AvgIpc) is 2.64. The van der Waals surface area contributed by atoms with Crippen molar-refractivity contribution in [3.8, 4) is 0 Å². The van der Waals surface area contributed by atoms with Gasteiger partial charge in [0.15, 0.2) is 0 Å². The van der Waals surface area contributed by atoms with Gasteiger partial charge in [0.05, 0.1) is 22.9 Å². The van der Waals surface area contributed by atoms with Gasteiger partial charge < -0.3 is 10.0 Å². The normalized spacial score (nSPS) is 11.0. The van der Waals surface area contributed by atoms with Crippen molar-refractivity contribution in [1.82, 2.24) is 0 Å². The minimum absolute atomic E-state index is 0.0272. The summed E-state index contributed by atoms with van der Waals surface area (Å²) >= 11 is 0. The average molecular weight is 342 g/mol. The number of nitro benzene ring substituents is 1. The molecule has 0 unspecified atom stereocenters. The second-order valence-electron chi connectivity index (χ2n) is 5.55. The number of aliphatic hydroxyl groups excluding tert-OH is 1. The van der Waals surface area contributed by atoms with E-state index in [1.807, 2.05) is 24.3 Å². The Balaban J connectivity index is 2.04. The fourth-order valence-corrected chi connectivity index (χ4v) is 2.33. The highest BCUT2D eigenvalue weighted by molar-refractivity contribution is 5.53. The first-order chi connectivity index (χ1) is 12.1. The van der Waals surface area contributed by atoms with Crippen LogP contribution in [0.5, 0.6) is 0 Å². The van der Waals surface area contributed by atoms with Crippen LogP contribution in [0.3, 0.4) is 0 Å². The zero-order valence-electron chi connectivity index (χ0n) is 14.2. The number of nitrogens with zero attached hydrogens (tertiary/aromatic N) is 4. The molecule has 7 nitrogen and oxygen atoms in total. The minimum atomic E-state index is -0.448. The Morgan fingerprint density at radius 1 is 1.00 bits per heavy atom. The molecule has 7 heteroatoms. The van der Waals surface area contributed by atoms with Gasteiger partial charge in [-0.3, -0.25) is 10.1 Å². The fourth-order valence-electron chi connectivity index (χ4n) is 2.33. The molecule has 0 atom stereocenters. The van der Waals surface area contributed by atoms with Crippen molar-refractivity contribution in [2.45, 2.75) is 19.8 Å². The molecular weight excluding hydrogens is 320 g/mol. The van der Waals surface area contributed by atoms with E-state index >= 15 is 0 Å². The van der Waals surface area contributed by atoms with Crippen LogP contribution in [0.1, 0.15) is 19.8 Å². The zero-order chi connectivity index (χ0) is 18.1. The molecule has 0 fully saturated rings. The van der Waals surface area contributed by atoms with E-state index in [9.17, 15) is 15.2 Å². The Bertz CT molecular complexity index is 699. The standard InChI is InChI=1S/C18H22N4O3/c1-2-3-12-21(13-14-23)17-8-4-15(5-9-17)19-20-16-6-10-18(11-7-16)22(24)25/h4-11,23H,2-3,12-14H2,1H3. The molecule has 0 amide bonds. The molecular formula is C18H22N4O3. The highest BCUT2D eigenvalue weighted by atomic mass is 16.6. The predicted molar refractivity (Wildman–Crippen MR) is 97.9 cm³/mol. The predicted octanol–water partition coefficient (Wildman–Crippen LogP) is 4.61. The maximum absolute atomic E-state index is 10.6. The van der Waals surface area contributed by atoms with Gasteiger partial charge in [0.1, 0.15) is 0 Å². The third-order valence-electron chi connectivity index (χ3n) is 3.71. The number of azo groups is 1. The molecule has 0 aliphatic heterocycles. The number of unbranched alkanes of at least 4 members (excludes halogenated alkanes) is 1. The third kappa shape index (κ3) is 5.65. The van der Waals surface area contributed by atoms with Crippen molar-refractivity contribution in [3.63, 3.8) is 0 Å². The molecule has 25 heavy (non-hydrogen) atoms. The monoisotopic (exact) mass is 342 g/mol. The third-order valence-corrected chi connectivity index (χ3v) is 3.71. The van der Waals surface area contributed by atoms with Gasteiger partial charge >= 0.3 is 0 Å². The molecule has 2 rings (SSSR count). The van der Waals surface area contributed by atoms with E-state index in [0.29, 0.717) is 17.9 Å². The molecule has 0 bridgehead atoms. The molecule has 0 spiro atoms. The molecule has 0 radical (unpaired) electrons. The quantitative estimate of drug-likeness (QED) is 0.409. The highest BCUT2D eigenvalue weighted by Gasteiger charge is 2.06. The second kappa shape index (κ2) is 9.48. The van der Waals surface area contributed by atoms with Crippen LogP contribution in [0.15, 0.2) is 58.8 Å². The summed E-state index contributed by atoms with van der Waals surface area (Å²) in [5, 5.41) is 28.1. The second-order valence-corrected chi connectivity index (χ2v) is 5.55. The lowest BCUT2D eigenvalue weighted by Crippen LogP contribution is -2.27. The first kappa shape index (κ1) is 18.5. The topological polar surface area (TPSA) is 91.3 Å². The summed E-state index contributed by atoms with van der Waals surface area (Å²) in [5.74, 6) is 0. The molecule has 0 heterocycles. The fraction of sp³-hybridized carbons (Fsp3) is 0.333. The van der Waals surface area contributed by atoms with Crippen LogP contribution >= 0.6 is 0 Å². The van der Waals surface area contributed by atoms with Gasteiger partial charge in [0, 0.05) is 30.9 Å². The number of rotatable bonds is 9. The molecule has 0 aliphatic carbocycles. The first-order valence-corrected chi connectivity index (χ1v) is 8.26. The Hall–Kier alpha value is -2.80.